The van der Waals surface area contributed by atoms with E-state index in [1.54, 1.807) is 0 Å². The predicted molar refractivity (Wildman–Crippen MR) is 73.7 cm³/mol. The van der Waals surface area contributed by atoms with E-state index in [0.717, 1.165) is 25.9 Å². The van der Waals surface area contributed by atoms with Gasteiger partial charge in [0.2, 0.25) is 0 Å². The van der Waals surface area contributed by atoms with Gasteiger partial charge in [0, 0.05) is 18.4 Å². The van der Waals surface area contributed by atoms with Gasteiger partial charge in [-0.1, -0.05) is 20.8 Å². The first kappa shape index (κ1) is 13.8. The van der Waals surface area contributed by atoms with Crippen LogP contribution in [0.3, 0.4) is 0 Å². The van der Waals surface area contributed by atoms with Gasteiger partial charge >= 0.3 is 0 Å². The minimum atomic E-state index is -0.366. The largest absolute Gasteiger partial charge is 0.393 e. The van der Waals surface area contributed by atoms with Gasteiger partial charge in [0.05, 0.1) is 17.8 Å². The minimum absolute atomic E-state index is 0.0946. The van der Waals surface area contributed by atoms with E-state index >= 15 is 0 Å². The van der Waals surface area contributed by atoms with Gasteiger partial charge in [0.15, 0.2) is 0 Å². The molecule has 3 aliphatic rings. The van der Waals surface area contributed by atoms with Crippen LogP contribution in [0.15, 0.2) is 0 Å². The van der Waals surface area contributed by atoms with E-state index < -0.39 is 0 Å². The molecule has 1 aliphatic heterocycles. The van der Waals surface area contributed by atoms with E-state index in [2.05, 4.69) is 27.7 Å². The van der Waals surface area contributed by atoms with Crippen LogP contribution in [0.5, 0.6) is 0 Å². The van der Waals surface area contributed by atoms with Crippen molar-refractivity contribution in [2.75, 3.05) is 6.61 Å². The van der Waals surface area contributed by atoms with E-state index in [1.165, 1.54) is 0 Å². The zero-order valence-electron chi connectivity index (χ0n) is 12.6. The smallest absolute Gasteiger partial charge is 0.0714 e. The number of rotatable bonds is 0. The number of hydrogen-bond acceptors (Lipinski definition) is 3. The summed E-state index contributed by atoms with van der Waals surface area (Å²) in [4.78, 5) is 0. The fourth-order valence-electron chi connectivity index (χ4n) is 5.93. The van der Waals surface area contributed by atoms with E-state index in [0.29, 0.717) is 12.3 Å². The molecule has 19 heavy (non-hydrogen) atoms. The first-order valence-corrected chi connectivity index (χ1v) is 7.72. The van der Waals surface area contributed by atoms with E-state index in [4.69, 9.17) is 4.74 Å². The molecule has 0 bridgehead atoms. The standard InChI is InChI=1S/C16H28O3/c1-14(2)7-5-12(18)16(4)11-6-8-19-15(11,3)9-10(17)13(14)16/h10-13,17-18H,5-9H2,1-4H3/t10-,11+,12+,13+,15-,16+/m1/s1. The molecule has 0 spiro atoms. The van der Waals surface area contributed by atoms with Crippen LogP contribution in [-0.2, 0) is 4.74 Å². The molecule has 0 aromatic rings. The van der Waals surface area contributed by atoms with Gasteiger partial charge in [0.25, 0.3) is 0 Å². The van der Waals surface area contributed by atoms with Crippen LogP contribution in [0.4, 0.5) is 0 Å². The van der Waals surface area contributed by atoms with Crippen LogP contribution in [0.25, 0.3) is 0 Å². The Balaban J connectivity index is 2.09. The van der Waals surface area contributed by atoms with Gasteiger partial charge in [-0.3, -0.25) is 0 Å². The molecule has 2 aliphatic carbocycles. The van der Waals surface area contributed by atoms with Gasteiger partial charge in [-0.05, 0) is 43.4 Å². The average molecular weight is 268 g/mol. The summed E-state index contributed by atoms with van der Waals surface area (Å²) < 4.78 is 5.97. The molecule has 2 N–H and O–H groups in total. The fraction of sp³-hybridized carbons (Fsp3) is 1.00. The lowest BCUT2D eigenvalue weighted by atomic mass is 9.44. The van der Waals surface area contributed by atoms with Crippen molar-refractivity contribution >= 4 is 0 Å². The van der Waals surface area contributed by atoms with Crippen molar-refractivity contribution in [1.29, 1.82) is 0 Å². The normalized spacial score (nSPS) is 56.5. The zero-order valence-corrected chi connectivity index (χ0v) is 12.6. The number of ether oxygens (including phenoxy) is 1. The molecule has 6 atom stereocenters. The van der Waals surface area contributed by atoms with Crippen LogP contribution in [0, 0.1) is 22.7 Å². The van der Waals surface area contributed by atoms with Crippen molar-refractivity contribution in [3.63, 3.8) is 0 Å². The van der Waals surface area contributed by atoms with Gasteiger partial charge < -0.3 is 14.9 Å². The third-order valence-electron chi connectivity index (χ3n) is 6.62. The number of fused-ring (bicyclic) bond motifs is 3. The molecular weight excluding hydrogens is 240 g/mol. The maximum atomic E-state index is 10.7. The molecule has 1 saturated heterocycles. The Bertz CT molecular complexity index is 380. The monoisotopic (exact) mass is 268 g/mol. The van der Waals surface area contributed by atoms with Gasteiger partial charge in [-0.25, -0.2) is 0 Å². The van der Waals surface area contributed by atoms with Gasteiger partial charge in [-0.2, -0.15) is 0 Å². The summed E-state index contributed by atoms with van der Waals surface area (Å²) in [5, 5.41) is 21.5. The van der Waals surface area contributed by atoms with Gasteiger partial charge in [-0.15, -0.1) is 0 Å². The summed E-state index contributed by atoms with van der Waals surface area (Å²) >= 11 is 0. The Morgan fingerprint density at radius 1 is 1.05 bits per heavy atom. The molecule has 0 aromatic carbocycles. The molecule has 0 unspecified atom stereocenters. The Morgan fingerprint density at radius 2 is 1.74 bits per heavy atom. The number of aliphatic hydroxyl groups excluding tert-OH is 2. The quantitative estimate of drug-likeness (QED) is 0.709. The molecule has 3 fully saturated rings. The third kappa shape index (κ3) is 1.68. The first-order chi connectivity index (χ1) is 8.72. The lowest BCUT2D eigenvalue weighted by molar-refractivity contribution is -0.233. The molecule has 1 heterocycles. The second kappa shape index (κ2) is 3.96. The summed E-state index contributed by atoms with van der Waals surface area (Å²) in [7, 11) is 0. The Morgan fingerprint density at radius 3 is 2.42 bits per heavy atom. The van der Waals surface area contributed by atoms with Crippen LogP contribution in [-0.4, -0.2) is 34.6 Å². The predicted octanol–water partition coefficient (Wildman–Crippen LogP) is 2.35. The highest BCUT2D eigenvalue weighted by molar-refractivity contribution is 5.15. The van der Waals surface area contributed by atoms with Crippen LogP contribution < -0.4 is 0 Å². The van der Waals surface area contributed by atoms with Crippen molar-refractivity contribution in [3.8, 4) is 0 Å². The molecule has 3 rings (SSSR count). The molecule has 0 amide bonds. The summed E-state index contributed by atoms with van der Waals surface area (Å²) in [6.07, 6.45) is 2.90. The fourth-order valence-corrected chi connectivity index (χ4v) is 5.93. The van der Waals surface area contributed by atoms with E-state index in [1.807, 2.05) is 0 Å². The molecule has 0 aromatic heterocycles. The highest BCUT2D eigenvalue weighted by atomic mass is 16.5. The van der Waals surface area contributed by atoms with Crippen LogP contribution in [0.1, 0.15) is 53.4 Å². The second-order valence-corrected chi connectivity index (χ2v) is 8.16. The molecule has 2 saturated carbocycles. The highest BCUT2D eigenvalue weighted by Crippen LogP contribution is 2.64. The first-order valence-electron chi connectivity index (χ1n) is 7.72. The maximum Gasteiger partial charge on any atom is 0.0714 e. The number of hydrogen-bond donors (Lipinski definition) is 2. The Hall–Kier alpha value is -0.120. The topological polar surface area (TPSA) is 49.7 Å². The summed E-state index contributed by atoms with van der Waals surface area (Å²) in [6, 6.07) is 0. The summed E-state index contributed by atoms with van der Waals surface area (Å²) in [5.74, 6) is 0.534. The van der Waals surface area contributed by atoms with Crippen molar-refractivity contribution < 1.29 is 14.9 Å². The second-order valence-electron chi connectivity index (χ2n) is 8.16. The molecular formula is C16H28O3. The van der Waals surface area contributed by atoms with Crippen molar-refractivity contribution in [3.05, 3.63) is 0 Å². The van der Waals surface area contributed by atoms with Crippen LogP contribution in [0.2, 0.25) is 0 Å². The SMILES string of the molecule is CC1(C)CC[C@H](O)[C@]2(C)[C@H]3CCO[C@]3(C)C[C@@H](O)[C@@H]12. The third-order valence-corrected chi connectivity index (χ3v) is 6.62. The highest BCUT2D eigenvalue weighted by Gasteiger charge is 2.66. The maximum absolute atomic E-state index is 10.7. The number of aliphatic hydroxyl groups is 2. The lowest BCUT2D eigenvalue weighted by Gasteiger charge is -2.63. The zero-order chi connectivity index (χ0) is 14.1. The van der Waals surface area contributed by atoms with E-state index in [-0.39, 0.29) is 34.6 Å². The van der Waals surface area contributed by atoms with Crippen LogP contribution >= 0.6 is 0 Å². The molecule has 3 heteroatoms. The summed E-state index contributed by atoms with van der Waals surface area (Å²) in [6.45, 7) is 9.60. The lowest BCUT2D eigenvalue weighted by Crippen LogP contribution is -2.65. The minimum Gasteiger partial charge on any atom is -0.393 e. The summed E-state index contributed by atoms with van der Waals surface area (Å²) in [5.41, 5.74) is -0.374. The van der Waals surface area contributed by atoms with Crippen molar-refractivity contribution in [2.45, 2.75) is 71.2 Å². The average Bonchev–Trinajstić information content (AvgIpc) is 2.66. The molecule has 3 nitrogen and oxygen atoms in total. The molecule has 0 radical (unpaired) electrons. The van der Waals surface area contributed by atoms with Gasteiger partial charge in [0.1, 0.15) is 0 Å². The Labute approximate surface area is 116 Å². The Kier molecular flexibility index (Phi) is 2.88. The van der Waals surface area contributed by atoms with Crippen molar-refractivity contribution in [1.82, 2.24) is 0 Å². The van der Waals surface area contributed by atoms with Crippen molar-refractivity contribution in [2.24, 2.45) is 22.7 Å². The van der Waals surface area contributed by atoms with E-state index in [9.17, 15) is 10.2 Å². The molecule has 110 valence electrons.